The van der Waals surface area contributed by atoms with E-state index in [9.17, 15) is 4.79 Å². The van der Waals surface area contributed by atoms with Gasteiger partial charge in [-0.3, -0.25) is 10.1 Å². The molecule has 8 heteroatoms. The number of carbonyl (C=O) groups is 1. The number of amides is 1. The van der Waals surface area contributed by atoms with Crippen LogP contribution in [0.1, 0.15) is 16.7 Å². The van der Waals surface area contributed by atoms with Crippen LogP contribution in [0.5, 0.6) is 0 Å². The Morgan fingerprint density at radius 1 is 1.22 bits per heavy atom. The third-order valence-corrected chi connectivity index (χ3v) is 5.79. The smallest absolute Gasteiger partial charge is 0.250 e. The highest BCUT2D eigenvalue weighted by Crippen LogP contribution is 2.28. The number of anilines is 1. The molecule has 0 spiro atoms. The van der Waals surface area contributed by atoms with E-state index >= 15 is 0 Å². The van der Waals surface area contributed by atoms with E-state index in [4.69, 9.17) is 16.9 Å². The minimum absolute atomic E-state index is 0.297. The van der Waals surface area contributed by atoms with Crippen molar-refractivity contribution >= 4 is 51.8 Å². The van der Waals surface area contributed by atoms with Crippen molar-refractivity contribution in [1.82, 2.24) is 10.2 Å². The Kier molecular flexibility index (Phi) is 6.60. The predicted molar refractivity (Wildman–Crippen MR) is 110 cm³/mol. The summed E-state index contributed by atoms with van der Waals surface area (Å²) in [7, 11) is 0. The molecule has 1 N–H and O–H groups in total. The highest BCUT2D eigenvalue weighted by Gasteiger charge is 2.07. The van der Waals surface area contributed by atoms with Gasteiger partial charge in [0.15, 0.2) is 4.34 Å². The van der Waals surface area contributed by atoms with Crippen LogP contribution in [0, 0.1) is 11.3 Å². The summed E-state index contributed by atoms with van der Waals surface area (Å²) in [5.74, 6) is 0.412. The molecule has 0 fully saturated rings. The van der Waals surface area contributed by atoms with Gasteiger partial charge < -0.3 is 0 Å². The largest absolute Gasteiger partial charge is 0.297 e. The monoisotopic (exact) mass is 412 g/mol. The molecule has 2 aromatic carbocycles. The number of hydrogen-bond acceptors (Lipinski definition) is 6. The lowest BCUT2D eigenvalue weighted by atomic mass is 10.2. The van der Waals surface area contributed by atoms with E-state index < -0.39 is 0 Å². The summed E-state index contributed by atoms with van der Waals surface area (Å²) < 4.78 is 0.754. The maximum absolute atomic E-state index is 12.0. The van der Waals surface area contributed by atoms with Crippen molar-refractivity contribution in [3.05, 3.63) is 76.3 Å². The van der Waals surface area contributed by atoms with E-state index in [1.54, 1.807) is 24.3 Å². The van der Waals surface area contributed by atoms with Gasteiger partial charge in [-0.1, -0.05) is 65.0 Å². The summed E-state index contributed by atoms with van der Waals surface area (Å²) in [5.41, 5.74) is 2.49. The summed E-state index contributed by atoms with van der Waals surface area (Å²) in [4.78, 5) is 12.0. The zero-order valence-electron chi connectivity index (χ0n) is 13.9. The van der Waals surface area contributed by atoms with Crippen LogP contribution in [0.15, 0.2) is 58.9 Å². The van der Waals surface area contributed by atoms with Crippen molar-refractivity contribution in [2.45, 2.75) is 10.1 Å². The van der Waals surface area contributed by atoms with Crippen molar-refractivity contribution in [2.75, 3.05) is 5.32 Å². The summed E-state index contributed by atoms with van der Waals surface area (Å²) in [5, 5.41) is 20.6. The maximum atomic E-state index is 12.0. The highest BCUT2D eigenvalue weighted by atomic mass is 35.5. The summed E-state index contributed by atoms with van der Waals surface area (Å²) >= 11 is 8.88. The SMILES string of the molecule is N#Cc1ccc(CSc2nnc(NC(=O)/C=C/c3ccccc3Cl)s2)cc1. The van der Waals surface area contributed by atoms with E-state index in [0.29, 0.717) is 21.5 Å². The number of nitrogens with zero attached hydrogens (tertiary/aromatic N) is 3. The van der Waals surface area contributed by atoms with Gasteiger partial charge in [0, 0.05) is 16.9 Å². The highest BCUT2D eigenvalue weighted by molar-refractivity contribution is 8.00. The molecule has 0 unspecified atom stereocenters. The number of carbonyl (C=O) groups excluding carboxylic acids is 1. The normalized spacial score (nSPS) is 10.7. The molecule has 27 heavy (non-hydrogen) atoms. The molecule has 0 atom stereocenters. The molecule has 1 aromatic heterocycles. The van der Waals surface area contributed by atoms with Gasteiger partial charge in [0.05, 0.1) is 11.6 Å². The van der Waals surface area contributed by atoms with Crippen molar-refractivity contribution < 1.29 is 4.79 Å². The number of thioether (sulfide) groups is 1. The summed E-state index contributed by atoms with van der Waals surface area (Å²) in [6.07, 6.45) is 3.06. The fourth-order valence-corrected chi connectivity index (χ4v) is 3.97. The van der Waals surface area contributed by atoms with E-state index in [2.05, 4.69) is 21.6 Å². The zero-order valence-corrected chi connectivity index (χ0v) is 16.3. The molecule has 1 amide bonds. The Morgan fingerprint density at radius 3 is 2.74 bits per heavy atom. The molecular weight excluding hydrogens is 400 g/mol. The fourth-order valence-electron chi connectivity index (χ4n) is 2.06. The first kappa shape index (κ1) is 19.1. The Morgan fingerprint density at radius 2 is 2.00 bits per heavy atom. The zero-order chi connectivity index (χ0) is 19.1. The maximum Gasteiger partial charge on any atom is 0.250 e. The number of halogens is 1. The number of aromatic nitrogens is 2. The first-order chi connectivity index (χ1) is 13.1. The molecule has 134 valence electrons. The molecule has 1 heterocycles. The molecule has 0 saturated heterocycles. The predicted octanol–water partition coefficient (Wildman–Crippen LogP) is 5.01. The number of hydrogen-bond donors (Lipinski definition) is 1. The molecule has 3 aromatic rings. The Hall–Kier alpha value is -2.66. The van der Waals surface area contributed by atoms with Crippen molar-refractivity contribution in [2.24, 2.45) is 0 Å². The second kappa shape index (κ2) is 9.33. The van der Waals surface area contributed by atoms with Crippen LogP contribution in [-0.4, -0.2) is 16.1 Å². The van der Waals surface area contributed by atoms with Crippen LogP contribution >= 0.6 is 34.7 Å². The lowest BCUT2D eigenvalue weighted by Gasteiger charge is -1.98. The van der Waals surface area contributed by atoms with Crippen molar-refractivity contribution in [3.8, 4) is 6.07 Å². The summed E-state index contributed by atoms with van der Waals surface area (Å²) in [6.45, 7) is 0. The van der Waals surface area contributed by atoms with Crippen molar-refractivity contribution in [1.29, 1.82) is 5.26 Å². The van der Waals surface area contributed by atoms with Crippen LogP contribution in [0.3, 0.4) is 0 Å². The van der Waals surface area contributed by atoms with Gasteiger partial charge in [-0.05, 0) is 35.4 Å². The van der Waals surface area contributed by atoms with Gasteiger partial charge >= 0.3 is 0 Å². The molecular formula is C19H13ClN4OS2. The van der Waals surface area contributed by atoms with Gasteiger partial charge in [-0.25, -0.2) is 0 Å². The van der Waals surface area contributed by atoms with E-state index in [-0.39, 0.29) is 5.91 Å². The van der Waals surface area contributed by atoms with Crippen LogP contribution in [-0.2, 0) is 10.5 Å². The third kappa shape index (κ3) is 5.66. The molecule has 0 saturated carbocycles. The van der Waals surface area contributed by atoms with Gasteiger partial charge in [0.25, 0.3) is 0 Å². The Labute approximate surface area is 169 Å². The first-order valence-corrected chi connectivity index (χ1v) is 10.0. The Balaban J connectivity index is 1.53. The lowest BCUT2D eigenvalue weighted by molar-refractivity contribution is -0.111. The van der Waals surface area contributed by atoms with Gasteiger partial charge in [-0.15, -0.1) is 10.2 Å². The van der Waals surface area contributed by atoms with Crippen molar-refractivity contribution in [3.63, 3.8) is 0 Å². The summed E-state index contributed by atoms with van der Waals surface area (Å²) in [6, 6.07) is 16.8. The molecule has 5 nitrogen and oxygen atoms in total. The fraction of sp³-hybridized carbons (Fsp3) is 0.0526. The minimum atomic E-state index is -0.297. The topological polar surface area (TPSA) is 78.7 Å². The van der Waals surface area contributed by atoms with Gasteiger partial charge in [0.1, 0.15) is 0 Å². The molecule has 0 radical (unpaired) electrons. The molecule has 0 aliphatic rings. The van der Waals surface area contributed by atoms with Crippen LogP contribution in [0.25, 0.3) is 6.08 Å². The van der Waals surface area contributed by atoms with Crippen LogP contribution < -0.4 is 5.32 Å². The Bertz CT molecular complexity index is 1010. The quantitative estimate of drug-likeness (QED) is 0.350. The standard InChI is InChI=1S/C19H13ClN4OS2/c20-16-4-2-1-3-15(16)9-10-17(25)22-18-23-24-19(27-18)26-12-14-7-5-13(11-21)6-8-14/h1-10H,12H2,(H,22,23,25)/b10-9+. The third-order valence-electron chi connectivity index (χ3n) is 3.40. The number of rotatable bonds is 6. The van der Waals surface area contributed by atoms with Crippen LogP contribution in [0.2, 0.25) is 5.02 Å². The van der Waals surface area contributed by atoms with E-state index in [1.807, 2.05) is 30.3 Å². The number of benzene rings is 2. The average molecular weight is 413 g/mol. The average Bonchev–Trinajstić information content (AvgIpc) is 3.13. The van der Waals surface area contributed by atoms with Gasteiger partial charge in [0.2, 0.25) is 11.0 Å². The molecule has 0 aliphatic carbocycles. The lowest BCUT2D eigenvalue weighted by Crippen LogP contribution is -2.07. The molecule has 0 aliphatic heterocycles. The number of nitriles is 1. The second-order valence-electron chi connectivity index (χ2n) is 5.31. The second-order valence-corrected chi connectivity index (χ2v) is 7.92. The van der Waals surface area contributed by atoms with Crippen LogP contribution in [0.4, 0.5) is 5.13 Å². The first-order valence-electron chi connectivity index (χ1n) is 7.83. The number of nitrogens with one attached hydrogen (secondary N) is 1. The molecule has 3 rings (SSSR count). The van der Waals surface area contributed by atoms with E-state index in [0.717, 1.165) is 15.5 Å². The van der Waals surface area contributed by atoms with Gasteiger partial charge in [-0.2, -0.15) is 5.26 Å². The van der Waals surface area contributed by atoms with E-state index in [1.165, 1.54) is 29.2 Å². The molecule has 0 bridgehead atoms. The minimum Gasteiger partial charge on any atom is -0.297 e.